The van der Waals surface area contributed by atoms with Crippen LogP contribution in [0, 0.1) is 11.6 Å². The molecule has 0 bridgehead atoms. The van der Waals surface area contributed by atoms with Crippen LogP contribution in [0.1, 0.15) is 11.6 Å². The van der Waals surface area contributed by atoms with Crippen LogP contribution in [0.15, 0.2) is 42.5 Å². The van der Waals surface area contributed by atoms with E-state index in [2.05, 4.69) is 5.32 Å². The Morgan fingerprint density at radius 1 is 1.11 bits per heavy atom. The zero-order valence-corrected chi connectivity index (χ0v) is 10.8. The highest BCUT2D eigenvalue weighted by atomic mass is 35.5. The molecule has 2 aromatic carbocycles. The van der Waals surface area contributed by atoms with Crippen molar-refractivity contribution in [3.8, 4) is 0 Å². The normalized spacial score (nSPS) is 12.2. The molecule has 0 spiro atoms. The Morgan fingerprint density at radius 2 is 1.89 bits per heavy atom. The number of rotatable bonds is 4. The number of benzene rings is 2. The van der Waals surface area contributed by atoms with Crippen LogP contribution in [-0.4, -0.2) is 6.54 Å². The second kappa shape index (κ2) is 5.99. The zero-order chi connectivity index (χ0) is 13.8. The van der Waals surface area contributed by atoms with Crippen LogP contribution in [0.2, 0.25) is 5.02 Å². The fourth-order valence-corrected chi connectivity index (χ4v) is 1.98. The summed E-state index contributed by atoms with van der Waals surface area (Å²) < 4.78 is 26.1. The molecule has 0 radical (unpaired) electrons. The van der Waals surface area contributed by atoms with E-state index in [1.54, 1.807) is 18.2 Å². The molecule has 0 aliphatic heterocycles. The molecule has 0 saturated carbocycles. The van der Waals surface area contributed by atoms with Crippen LogP contribution in [0.5, 0.6) is 0 Å². The van der Waals surface area contributed by atoms with Gasteiger partial charge < -0.3 is 11.1 Å². The van der Waals surface area contributed by atoms with Crippen molar-refractivity contribution >= 4 is 17.3 Å². The summed E-state index contributed by atoms with van der Waals surface area (Å²) in [6.45, 7) is 0.248. The average molecular weight is 283 g/mol. The molecular weight excluding hydrogens is 270 g/mol. The van der Waals surface area contributed by atoms with Crippen LogP contribution >= 0.6 is 11.6 Å². The smallest absolute Gasteiger partial charge is 0.159 e. The minimum atomic E-state index is -0.885. The Kier molecular flexibility index (Phi) is 4.35. The van der Waals surface area contributed by atoms with E-state index in [1.807, 2.05) is 6.07 Å². The van der Waals surface area contributed by atoms with E-state index >= 15 is 0 Å². The standard InChI is InChI=1S/C14H13ClF2N2/c15-10-2-1-3-11(7-10)19-14(8-18)9-4-5-12(16)13(17)6-9/h1-7,14,19H,8,18H2. The molecule has 2 rings (SSSR count). The fourth-order valence-electron chi connectivity index (χ4n) is 1.79. The Balaban J connectivity index is 2.22. The number of hydrogen-bond donors (Lipinski definition) is 2. The summed E-state index contributed by atoms with van der Waals surface area (Å²) in [5.74, 6) is -1.76. The lowest BCUT2D eigenvalue weighted by molar-refractivity contribution is 0.506. The molecule has 0 saturated heterocycles. The van der Waals surface area contributed by atoms with Crippen molar-refractivity contribution in [2.45, 2.75) is 6.04 Å². The van der Waals surface area contributed by atoms with Gasteiger partial charge in [0.1, 0.15) is 0 Å². The molecule has 0 aromatic heterocycles. The van der Waals surface area contributed by atoms with E-state index in [-0.39, 0.29) is 12.6 Å². The van der Waals surface area contributed by atoms with Gasteiger partial charge in [0.15, 0.2) is 11.6 Å². The van der Waals surface area contributed by atoms with Gasteiger partial charge in [-0.1, -0.05) is 23.7 Å². The average Bonchev–Trinajstić information content (AvgIpc) is 2.39. The van der Waals surface area contributed by atoms with Gasteiger partial charge in [0.2, 0.25) is 0 Å². The minimum Gasteiger partial charge on any atom is -0.377 e. The van der Waals surface area contributed by atoms with Gasteiger partial charge in [-0.2, -0.15) is 0 Å². The molecule has 2 nitrogen and oxygen atoms in total. The second-order valence-electron chi connectivity index (χ2n) is 4.12. The molecule has 2 aromatic rings. The van der Waals surface area contributed by atoms with Gasteiger partial charge >= 0.3 is 0 Å². The van der Waals surface area contributed by atoms with E-state index in [9.17, 15) is 8.78 Å². The maximum Gasteiger partial charge on any atom is 0.159 e. The van der Waals surface area contributed by atoms with E-state index in [0.717, 1.165) is 17.8 Å². The third-order valence-corrected chi connectivity index (χ3v) is 2.98. The number of nitrogens with two attached hydrogens (primary N) is 1. The van der Waals surface area contributed by atoms with Gasteiger partial charge in [0.05, 0.1) is 6.04 Å². The number of hydrogen-bond acceptors (Lipinski definition) is 2. The summed E-state index contributed by atoms with van der Waals surface area (Å²) in [6, 6.07) is 10.5. The molecule has 5 heteroatoms. The quantitative estimate of drug-likeness (QED) is 0.897. The van der Waals surface area contributed by atoms with Crippen molar-refractivity contribution in [2.24, 2.45) is 5.73 Å². The van der Waals surface area contributed by atoms with E-state index in [0.29, 0.717) is 10.6 Å². The molecule has 0 aliphatic carbocycles. The molecule has 1 unspecified atom stereocenters. The number of anilines is 1. The van der Waals surface area contributed by atoms with Crippen molar-refractivity contribution < 1.29 is 8.78 Å². The van der Waals surface area contributed by atoms with Gasteiger partial charge in [-0.15, -0.1) is 0 Å². The van der Waals surface area contributed by atoms with Crippen molar-refractivity contribution in [1.82, 2.24) is 0 Å². The highest BCUT2D eigenvalue weighted by Gasteiger charge is 2.12. The van der Waals surface area contributed by atoms with E-state index in [4.69, 9.17) is 17.3 Å². The lowest BCUT2D eigenvalue weighted by Gasteiger charge is -2.19. The van der Waals surface area contributed by atoms with E-state index < -0.39 is 11.6 Å². The Bertz CT molecular complexity index is 575. The largest absolute Gasteiger partial charge is 0.377 e. The van der Waals surface area contributed by atoms with Gasteiger partial charge in [-0.3, -0.25) is 0 Å². The molecule has 100 valence electrons. The van der Waals surface area contributed by atoms with Gasteiger partial charge in [0, 0.05) is 17.3 Å². The predicted molar refractivity (Wildman–Crippen MR) is 73.2 cm³/mol. The summed E-state index contributed by atoms with van der Waals surface area (Å²) in [7, 11) is 0. The maximum absolute atomic E-state index is 13.2. The highest BCUT2D eigenvalue weighted by Crippen LogP contribution is 2.22. The molecule has 19 heavy (non-hydrogen) atoms. The van der Waals surface area contributed by atoms with Crippen LogP contribution in [0.3, 0.4) is 0 Å². The molecule has 3 N–H and O–H groups in total. The lowest BCUT2D eigenvalue weighted by atomic mass is 10.1. The van der Waals surface area contributed by atoms with Crippen LogP contribution in [0.25, 0.3) is 0 Å². The Hall–Kier alpha value is -1.65. The molecule has 0 amide bonds. The Labute approximate surface area is 115 Å². The summed E-state index contributed by atoms with van der Waals surface area (Å²) in [5, 5.41) is 3.72. The first-order chi connectivity index (χ1) is 9.10. The molecule has 1 atom stereocenters. The summed E-state index contributed by atoms with van der Waals surface area (Å²) in [6.07, 6.45) is 0. The van der Waals surface area contributed by atoms with Gasteiger partial charge in [0.25, 0.3) is 0 Å². The van der Waals surface area contributed by atoms with Gasteiger partial charge in [-0.05, 0) is 35.9 Å². The SMILES string of the molecule is NCC(Nc1cccc(Cl)c1)c1ccc(F)c(F)c1. The summed E-state index contributed by atoms with van der Waals surface area (Å²) >= 11 is 5.88. The number of halogens is 3. The topological polar surface area (TPSA) is 38.0 Å². The predicted octanol–water partition coefficient (Wildman–Crippen LogP) is 3.73. The first-order valence-corrected chi connectivity index (χ1v) is 6.15. The first-order valence-electron chi connectivity index (χ1n) is 5.77. The second-order valence-corrected chi connectivity index (χ2v) is 4.55. The van der Waals surface area contributed by atoms with Crippen molar-refractivity contribution in [2.75, 3.05) is 11.9 Å². The van der Waals surface area contributed by atoms with Crippen molar-refractivity contribution in [1.29, 1.82) is 0 Å². The van der Waals surface area contributed by atoms with Crippen molar-refractivity contribution in [3.63, 3.8) is 0 Å². The zero-order valence-electron chi connectivity index (χ0n) is 10.0. The van der Waals surface area contributed by atoms with Crippen molar-refractivity contribution in [3.05, 3.63) is 64.7 Å². The monoisotopic (exact) mass is 282 g/mol. The Morgan fingerprint density at radius 3 is 2.53 bits per heavy atom. The molecule has 0 fully saturated rings. The van der Waals surface area contributed by atoms with Crippen LogP contribution in [-0.2, 0) is 0 Å². The molecular formula is C14H13ClF2N2. The first kappa shape index (κ1) is 13.8. The van der Waals surface area contributed by atoms with Crippen LogP contribution < -0.4 is 11.1 Å². The van der Waals surface area contributed by atoms with Crippen LogP contribution in [0.4, 0.5) is 14.5 Å². The maximum atomic E-state index is 13.2. The fraction of sp³-hybridized carbons (Fsp3) is 0.143. The molecule has 0 aliphatic rings. The highest BCUT2D eigenvalue weighted by molar-refractivity contribution is 6.30. The lowest BCUT2D eigenvalue weighted by Crippen LogP contribution is -2.20. The summed E-state index contributed by atoms with van der Waals surface area (Å²) in [5.41, 5.74) is 7.02. The van der Waals surface area contributed by atoms with Gasteiger partial charge in [-0.25, -0.2) is 8.78 Å². The van der Waals surface area contributed by atoms with E-state index in [1.165, 1.54) is 6.07 Å². The minimum absolute atomic E-state index is 0.248. The third kappa shape index (κ3) is 3.43. The number of nitrogens with one attached hydrogen (secondary N) is 1. The summed E-state index contributed by atoms with van der Waals surface area (Å²) in [4.78, 5) is 0. The molecule has 0 heterocycles. The third-order valence-electron chi connectivity index (χ3n) is 2.75.